The molecule has 0 saturated carbocycles. The third kappa shape index (κ3) is 2.16. The van der Waals surface area contributed by atoms with Crippen molar-refractivity contribution in [1.29, 1.82) is 0 Å². The van der Waals surface area contributed by atoms with Gasteiger partial charge in [0.1, 0.15) is 5.82 Å². The minimum absolute atomic E-state index is 0.0314. The Kier molecular flexibility index (Phi) is 2.66. The highest BCUT2D eigenvalue weighted by Crippen LogP contribution is 2.35. The van der Waals surface area contributed by atoms with Gasteiger partial charge in [-0.05, 0) is 17.7 Å². The third-order valence-electron chi connectivity index (χ3n) is 2.44. The van der Waals surface area contributed by atoms with E-state index in [2.05, 4.69) is 4.98 Å². The molecule has 1 aromatic heterocycles. The highest BCUT2D eigenvalue weighted by Gasteiger charge is 2.33. The summed E-state index contributed by atoms with van der Waals surface area (Å²) in [7, 11) is 0. The molecule has 0 fully saturated rings. The zero-order chi connectivity index (χ0) is 12.6. The van der Waals surface area contributed by atoms with E-state index in [1.807, 2.05) is 0 Å². The summed E-state index contributed by atoms with van der Waals surface area (Å²) in [6, 6.07) is 5.27. The number of rotatable bonds is 1. The first-order chi connectivity index (χ1) is 7.91. The second-order valence-electron chi connectivity index (χ2n) is 3.65. The average molecular weight is 241 g/mol. The number of nitrogens with zero attached hydrogens (tertiary/aromatic N) is 1. The number of anilines is 1. The maximum absolute atomic E-state index is 12.8. The molecule has 0 aliphatic carbocycles. The first kappa shape index (κ1) is 11.7. The van der Waals surface area contributed by atoms with E-state index in [-0.39, 0.29) is 23.3 Å². The van der Waals surface area contributed by atoms with Crippen LogP contribution in [-0.4, -0.2) is 4.98 Å². The maximum atomic E-state index is 12.8. The van der Waals surface area contributed by atoms with Crippen molar-refractivity contribution in [3.05, 3.63) is 35.4 Å². The van der Waals surface area contributed by atoms with Crippen LogP contribution in [0.25, 0.3) is 10.9 Å². The number of hydrogen-bond acceptors (Lipinski definition) is 3. The van der Waals surface area contributed by atoms with Gasteiger partial charge < -0.3 is 11.5 Å². The molecule has 0 spiro atoms. The topological polar surface area (TPSA) is 64.9 Å². The van der Waals surface area contributed by atoms with E-state index in [1.54, 1.807) is 6.07 Å². The smallest absolute Gasteiger partial charge is 0.384 e. The predicted octanol–water partition coefficient (Wildman–Crippen LogP) is 2.29. The molecule has 6 heteroatoms. The summed E-state index contributed by atoms with van der Waals surface area (Å²) >= 11 is 0. The van der Waals surface area contributed by atoms with Crippen molar-refractivity contribution in [2.24, 2.45) is 5.73 Å². The Balaban J connectivity index is 2.77. The van der Waals surface area contributed by atoms with Gasteiger partial charge in [-0.3, -0.25) is 0 Å². The van der Waals surface area contributed by atoms with E-state index < -0.39 is 11.7 Å². The zero-order valence-electron chi connectivity index (χ0n) is 8.75. The molecule has 1 heterocycles. The second-order valence-corrected chi connectivity index (χ2v) is 3.65. The number of fused-ring (bicyclic) bond motifs is 1. The summed E-state index contributed by atoms with van der Waals surface area (Å²) < 4.78 is 38.3. The van der Waals surface area contributed by atoms with E-state index in [0.29, 0.717) is 5.56 Å². The molecule has 2 rings (SSSR count). The first-order valence-corrected chi connectivity index (χ1v) is 4.88. The fraction of sp³-hybridized carbons (Fsp3) is 0.182. The van der Waals surface area contributed by atoms with Crippen molar-refractivity contribution in [3.8, 4) is 0 Å². The Morgan fingerprint density at radius 1 is 1.18 bits per heavy atom. The van der Waals surface area contributed by atoms with Gasteiger partial charge >= 0.3 is 6.18 Å². The molecule has 0 aliphatic heterocycles. The molecule has 90 valence electrons. The van der Waals surface area contributed by atoms with Crippen LogP contribution in [0.1, 0.15) is 11.1 Å². The van der Waals surface area contributed by atoms with Crippen LogP contribution in [0.5, 0.6) is 0 Å². The number of benzene rings is 1. The summed E-state index contributed by atoms with van der Waals surface area (Å²) in [6.07, 6.45) is -4.44. The van der Waals surface area contributed by atoms with Crippen LogP contribution in [0.3, 0.4) is 0 Å². The molecule has 0 atom stereocenters. The van der Waals surface area contributed by atoms with Gasteiger partial charge in [0.25, 0.3) is 0 Å². The lowest BCUT2D eigenvalue weighted by molar-refractivity contribution is -0.136. The van der Waals surface area contributed by atoms with Crippen LogP contribution in [0.2, 0.25) is 0 Å². The van der Waals surface area contributed by atoms with Gasteiger partial charge in [0.15, 0.2) is 0 Å². The molecular weight excluding hydrogens is 231 g/mol. The minimum atomic E-state index is -4.44. The quantitative estimate of drug-likeness (QED) is 0.805. The van der Waals surface area contributed by atoms with Crippen molar-refractivity contribution in [2.45, 2.75) is 12.7 Å². The lowest BCUT2D eigenvalue weighted by atomic mass is 10.1. The summed E-state index contributed by atoms with van der Waals surface area (Å²) in [5.74, 6) is -0.154. The van der Waals surface area contributed by atoms with Crippen LogP contribution in [-0.2, 0) is 12.7 Å². The van der Waals surface area contributed by atoms with Gasteiger partial charge in [0.05, 0.1) is 11.1 Å². The van der Waals surface area contributed by atoms with Crippen LogP contribution >= 0.6 is 0 Å². The molecule has 0 saturated heterocycles. The molecule has 1 aromatic carbocycles. The molecule has 3 nitrogen and oxygen atoms in total. The van der Waals surface area contributed by atoms with Crippen molar-refractivity contribution in [1.82, 2.24) is 4.98 Å². The Hall–Kier alpha value is -1.82. The molecular formula is C11H10F3N3. The maximum Gasteiger partial charge on any atom is 0.417 e. The number of nitrogens with two attached hydrogens (primary N) is 2. The van der Waals surface area contributed by atoms with Crippen molar-refractivity contribution in [3.63, 3.8) is 0 Å². The second kappa shape index (κ2) is 3.89. The van der Waals surface area contributed by atoms with E-state index in [4.69, 9.17) is 11.5 Å². The molecule has 2 aromatic rings. The van der Waals surface area contributed by atoms with Crippen LogP contribution in [0.4, 0.5) is 19.0 Å². The molecule has 0 unspecified atom stereocenters. The van der Waals surface area contributed by atoms with E-state index in [1.165, 1.54) is 12.1 Å². The van der Waals surface area contributed by atoms with Gasteiger partial charge in [-0.25, -0.2) is 4.98 Å². The van der Waals surface area contributed by atoms with Crippen molar-refractivity contribution in [2.75, 3.05) is 5.73 Å². The van der Waals surface area contributed by atoms with Gasteiger partial charge in [-0.1, -0.05) is 12.1 Å². The monoisotopic (exact) mass is 241 g/mol. The summed E-state index contributed by atoms with van der Waals surface area (Å²) in [4.78, 5) is 3.88. The molecule has 0 radical (unpaired) electrons. The first-order valence-electron chi connectivity index (χ1n) is 4.88. The zero-order valence-corrected chi connectivity index (χ0v) is 8.75. The molecule has 0 aliphatic rings. The highest BCUT2D eigenvalue weighted by atomic mass is 19.4. The van der Waals surface area contributed by atoms with Gasteiger partial charge in [-0.2, -0.15) is 13.2 Å². The molecule has 0 amide bonds. The van der Waals surface area contributed by atoms with Gasteiger partial charge in [-0.15, -0.1) is 0 Å². The van der Waals surface area contributed by atoms with Gasteiger partial charge in [0, 0.05) is 11.9 Å². The molecule has 17 heavy (non-hydrogen) atoms. The fourth-order valence-electron chi connectivity index (χ4n) is 1.66. The van der Waals surface area contributed by atoms with E-state index in [9.17, 15) is 13.2 Å². The number of aromatic nitrogens is 1. The Bertz CT molecular complexity index is 564. The molecule has 4 N–H and O–H groups in total. The van der Waals surface area contributed by atoms with Crippen molar-refractivity contribution < 1.29 is 13.2 Å². The third-order valence-corrected chi connectivity index (χ3v) is 2.44. The lowest BCUT2D eigenvalue weighted by Crippen LogP contribution is -2.08. The standard InChI is InChI=1S/C11H10F3N3/c12-11(13,14)8-4-10(16)17-9-3-6(5-15)1-2-7(8)9/h1-4H,5,15H2,(H2,16,17). The van der Waals surface area contributed by atoms with Crippen molar-refractivity contribution >= 4 is 16.7 Å². The van der Waals surface area contributed by atoms with Gasteiger partial charge in [0.2, 0.25) is 0 Å². The average Bonchev–Trinajstić information content (AvgIpc) is 2.25. The molecule has 0 bridgehead atoms. The number of hydrogen-bond donors (Lipinski definition) is 2. The largest absolute Gasteiger partial charge is 0.417 e. The number of pyridine rings is 1. The highest BCUT2D eigenvalue weighted by molar-refractivity contribution is 5.85. The lowest BCUT2D eigenvalue weighted by Gasteiger charge is -2.11. The van der Waals surface area contributed by atoms with Crippen LogP contribution in [0.15, 0.2) is 24.3 Å². The normalized spacial score (nSPS) is 12.0. The SMILES string of the molecule is NCc1ccc2c(C(F)(F)F)cc(N)nc2c1. The van der Waals surface area contributed by atoms with E-state index >= 15 is 0 Å². The number of halogens is 3. The Morgan fingerprint density at radius 3 is 2.47 bits per heavy atom. The number of alkyl halides is 3. The Labute approximate surface area is 95.2 Å². The van der Waals surface area contributed by atoms with Crippen LogP contribution in [0, 0.1) is 0 Å². The minimum Gasteiger partial charge on any atom is -0.384 e. The van der Waals surface area contributed by atoms with E-state index in [0.717, 1.165) is 6.07 Å². The number of nitrogen functional groups attached to an aromatic ring is 1. The summed E-state index contributed by atoms with van der Waals surface area (Å²) in [5, 5.41) is 0.0314. The summed E-state index contributed by atoms with van der Waals surface area (Å²) in [5.41, 5.74) is 10.9. The summed E-state index contributed by atoms with van der Waals surface area (Å²) in [6.45, 7) is 0.244. The van der Waals surface area contributed by atoms with Crippen LogP contribution < -0.4 is 11.5 Å². The fourth-order valence-corrected chi connectivity index (χ4v) is 1.66. The Morgan fingerprint density at radius 2 is 1.88 bits per heavy atom. The predicted molar refractivity (Wildman–Crippen MR) is 59.0 cm³/mol.